The standard InChI is InChI=1S/C30H28ClF4N3O4S/c31-22-5-1-19(26(16-22)30(33,34)35)14-24-15-21-13-20(4-10-28(21)38(24)12-11-32)29(40)36-27(17-39)18-2-6-23(7-3-18)37-43(41,42)25-8-9-25/h1-7,10,13,15-16,25,27,37,39H,8-9,11-12,14,17H2,(H,36,40)/t27-/m0/s1. The lowest BCUT2D eigenvalue weighted by Crippen LogP contribution is -2.30. The van der Waals surface area contributed by atoms with E-state index in [0.29, 0.717) is 40.7 Å². The van der Waals surface area contributed by atoms with Gasteiger partial charge in [0.1, 0.15) is 6.67 Å². The number of aliphatic hydroxyl groups excluding tert-OH is 1. The summed E-state index contributed by atoms with van der Waals surface area (Å²) in [5.41, 5.74) is 1.24. The van der Waals surface area contributed by atoms with Crippen LogP contribution in [0.3, 0.4) is 0 Å². The zero-order valence-electron chi connectivity index (χ0n) is 22.7. The molecule has 1 aromatic heterocycles. The maximum atomic E-state index is 13.7. The van der Waals surface area contributed by atoms with E-state index in [1.165, 1.54) is 18.2 Å². The van der Waals surface area contributed by atoms with Crippen molar-refractivity contribution in [3.63, 3.8) is 0 Å². The van der Waals surface area contributed by atoms with E-state index in [2.05, 4.69) is 10.0 Å². The van der Waals surface area contributed by atoms with Crippen molar-refractivity contribution in [3.8, 4) is 0 Å². The highest BCUT2D eigenvalue weighted by atomic mass is 35.5. The van der Waals surface area contributed by atoms with Gasteiger partial charge in [0.05, 0.1) is 30.0 Å². The number of sulfonamides is 1. The molecule has 3 aromatic carbocycles. The van der Waals surface area contributed by atoms with Gasteiger partial charge in [0.2, 0.25) is 10.0 Å². The Morgan fingerprint density at radius 3 is 2.40 bits per heavy atom. The van der Waals surface area contributed by atoms with Crippen molar-refractivity contribution >= 4 is 44.1 Å². The quantitative estimate of drug-likeness (QED) is 0.170. The third kappa shape index (κ3) is 6.97. The molecule has 1 heterocycles. The Morgan fingerprint density at radius 1 is 1.05 bits per heavy atom. The fraction of sp³-hybridized carbons (Fsp3) is 0.300. The number of anilines is 1. The van der Waals surface area contributed by atoms with E-state index in [4.69, 9.17) is 11.6 Å². The van der Waals surface area contributed by atoms with Crippen LogP contribution in [0.4, 0.5) is 23.2 Å². The number of fused-ring (bicyclic) bond motifs is 1. The molecule has 0 spiro atoms. The summed E-state index contributed by atoms with van der Waals surface area (Å²) in [7, 11) is -3.43. The van der Waals surface area contributed by atoms with Gasteiger partial charge in [0, 0.05) is 39.3 Å². The van der Waals surface area contributed by atoms with Crippen molar-refractivity contribution in [2.75, 3.05) is 18.0 Å². The van der Waals surface area contributed by atoms with Gasteiger partial charge in [-0.05, 0) is 72.5 Å². The van der Waals surface area contributed by atoms with Gasteiger partial charge >= 0.3 is 6.18 Å². The Labute approximate surface area is 250 Å². The Hall–Kier alpha value is -3.61. The van der Waals surface area contributed by atoms with Gasteiger partial charge in [0.15, 0.2) is 0 Å². The third-order valence-electron chi connectivity index (χ3n) is 7.33. The minimum atomic E-state index is -4.63. The summed E-state index contributed by atoms with van der Waals surface area (Å²) >= 11 is 5.81. The van der Waals surface area contributed by atoms with Crippen molar-refractivity contribution in [2.45, 2.75) is 43.3 Å². The van der Waals surface area contributed by atoms with Crippen molar-refractivity contribution < 1.29 is 35.9 Å². The van der Waals surface area contributed by atoms with Crippen LogP contribution in [0.25, 0.3) is 10.9 Å². The molecule has 7 nitrogen and oxygen atoms in total. The second-order valence-corrected chi connectivity index (χ2v) is 12.8. The summed E-state index contributed by atoms with van der Waals surface area (Å²) in [5, 5.41) is 12.8. The minimum absolute atomic E-state index is 0.0186. The van der Waals surface area contributed by atoms with Crippen LogP contribution in [0.1, 0.15) is 51.6 Å². The number of aromatic nitrogens is 1. The van der Waals surface area contributed by atoms with E-state index in [0.717, 1.165) is 6.07 Å². The average molecular weight is 638 g/mol. The number of aliphatic hydroxyl groups is 1. The molecule has 0 aliphatic heterocycles. The normalized spacial score (nSPS) is 14.6. The van der Waals surface area contributed by atoms with Crippen molar-refractivity contribution in [1.82, 2.24) is 9.88 Å². The molecule has 13 heteroatoms. The van der Waals surface area contributed by atoms with Crippen LogP contribution in [0.2, 0.25) is 5.02 Å². The number of carbonyl (C=O) groups excluding carboxylic acids is 1. The fourth-order valence-corrected chi connectivity index (χ4v) is 6.57. The first kappa shape index (κ1) is 30.8. The molecule has 5 rings (SSSR count). The maximum absolute atomic E-state index is 13.7. The third-order valence-corrected chi connectivity index (χ3v) is 9.43. The number of hydrogen-bond acceptors (Lipinski definition) is 4. The van der Waals surface area contributed by atoms with Crippen LogP contribution in [-0.4, -0.2) is 42.5 Å². The van der Waals surface area contributed by atoms with Gasteiger partial charge < -0.3 is 15.0 Å². The summed E-state index contributed by atoms with van der Waals surface area (Å²) in [4.78, 5) is 13.1. The SMILES string of the molecule is O=C(N[C@@H](CO)c1ccc(NS(=O)(=O)C2CC2)cc1)c1ccc2c(c1)cc(Cc1ccc(Cl)cc1C(F)(F)F)n2CCF. The van der Waals surface area contributed by atoms with Gasteiger partial charge in [0.25, 0.3) is 5.91 Å². The van der Waals surface area contributed by atoms with Crippen LogP contribution in [-0.2, 0) is 29.2 Å². The number of hydrogen-bond donors (Lipinski definition) is 3. The molecule has 3 N–H and O–H groups in total. The smallest absolute Gasteiger partial charge is 0.394 e. The molecular formula is C30H28ClF4N3O4S. The minimum Gasteiger partial charge on any atom is -0.394 e. The molecule has 0 saturated heterocycles. The number of halogens is 5. The summed E-state index contributed by atoms with van der Waals surface area (Å²) < 4.78 is 83.0. The molecule has 43 heavy (non-hydrogen) atoms. The Kier molecular flexibility index (Phi) is 8.73. The summed E-state index contributed by atoms with van der Waals surface area (Å²) in [6, 6.07) is 15.3. The summed E-state index contributed by atoms with van der Waals surface area (Å²) in [6.45, 7) is -1.26. The Bertz CT molecular complexity index is 1750. The first-order valence-electron chi connectivity index (χ1n) is 13.5. The van der Waals surface area contributed by atoms with Gasteiger partial charge in [-0.15, -0.1) is 0 Å². The predicted octanol–water partition coefficient (Wildman–Crippen LogP) is 6.24. The predicted molar refractivity (Wildman–Crippen MR) is 156 cm³/mol. The summed E-state index contributed by atoms with van der Waals surface area (Å²) in [6.07, 6.45) is -3.51. The van der Waals surface area contributed by atoms with Crippen LogP contribution < -0.4 is 10.0 Å². The molecule has 0 radical (unpaired) electrons. The highest BCUT2D eigenvalue weighted by Gasteiger charge is 2.36. The Morgan fingerprint density at radius 2 is 1.77 bits per heavy atom. The van der Waals surface area contributed by atoms with Crippen LogP contribution in [0, 0.1) is 0 Å². The highest BCUT2D eigenvalue weighted by molar-refractivity contribution is 7.93. The zero-order chi connectivity index (χ0) is 30.9. The first-order chi connectivity index (χ1) is 20.4. The number of nitrogens with one attached hydrogen (secondary N) is 2. The maximum Gasteiger partial charge on any atom is 0.416 e. The fourth-order valence-electron chi connectivity index (χ4n) is 5.01. The number of benzene rings is 3. The van der Waals surface area contributed by atoms with Crippen molar-refractivity contribution in [1.29, 1.82) is 0 Å². The number of nitrogens with zero attached hydrogens (tertiary/aromatic N) is 1. The lowest BCUT2D eigenvalue weighted by Gasteiger charge is -2.18. The number of aryl methyl sites for hydroxylation is 1. The van der Waals surface area contributed by atoms with Crippen LogP contribution in [0.15, 0.2) is 66.7 Å². The van der Waals surface area contributed by atoms with E-state index >= 15 is 0 Å². The molecule has 1 saturated carbocycles. The van der Waals surface area contributed by atoms with Gasteiger partial charge in [-0.1, -0.05) is 29.8 Å². The number of carbonyl (C=O) groups is 1. The molecule has 1 atom stereocenters. The Balaban J connectivity index is 1.36. The molecule has 1 aliphatic carbocycles. The molecule has 1 aliphatic rings. The molecule has 0 bridgehead atoms. The number of rotatable bonds is 11. The van der Waals surface area contributed by atoms with Crippen molar-refractivity contribution in [3.05, 3.63) is 99.7 Å². The average Bonchev–Trinajstić information content (AvgIpc) is 3.77. The van der Waals surface area contributed by atoms with Crippen LogP contribution in [0.5, 0.6) is 0 Å². The first-order valence-corrected chi connectivity index (χ1v) is 15.4. The summed E-state index contributed by atoms with van der Waals surface area (Å²) in [5.74, 6) is -0.517. The monoisotopic (exact) mass is 637 g/mol. The van der Waals surface area contributed by atoms with E-state index in [1.807, 2.05) is 0 Å². The van der Waals surface area contributed by atoms with E-state index in [1.54, 1.807) is 47.0 Å². The highest BCUT2D eigenvalue weighted by Crippen LogP contribution is 2.36. The second-order valence-electron chi connectivity index (χ2n) is 10.4. The van der Waals surface area contributed by atoms with Gasteiger partial charge in [-0.2, -0.15) is 13.2 Å². The van der Waals surface area contributed by atoms with E-state index in [-0.39, 0.29) is 34.4 Å². The lowest BCUT2D eigenvalue weighted by molar-refractivity contribution is -0.138. The molecule has 1 amide bonds. The molecule has 0 unspecified atom stereocenters. The lowest BCUT2D eigenvalue weighted by atomic mass is 10.0. The van der Waals surface area contributed by atoms with E-state index < -0.39 is 47.0 Å². The molecule has 4 aromatic rings. The van der Waals surface area contributed by atoms with Gasteiger partial charge in [-0.25, -0.2) is 12.8 Å². The van der Waals surface area contributed by atoms with Gasteiger partial charge in [-0.3, -0.25) is 9.52 Å². The van der Waals surface area contributed by atoms with Crippen molar-refractivity contribution in [2.24, 2.45) is 0 Å². The number of alkyl halides is 4. The second kappa shape index (κ2) is 12.2. The largest absolute Gasteiger partial charge is 0.416 e. The zero-order valence-corrected chi connectivity index (χ0v) is 24.2. The molecular weight excluding hydrogens is 610 g/mol. The molecule has 228 valence electrons. The van der Waals surface area contributed by atoms with Crippen LogP contribution >= 0.6 is 11.6 Å². The topological polar surface area (TPSA) is 100 Å². The molecule has 1 fully saturated rings. The van der Waals surface area contributed by atoms with E-state index in [9.17, 15) is 35.9 Å². The number of amides is 1.